The third-order valence-corrected chi connectivity index (χ3v) is 4.11. The molecule has 98 valence electrons. The van der Waals surface area contributed by atoms with Gasteiger partial charge in [-0.05, 0) is 62.8 Å². The van der Waals surface area contributed by atoms with Gasteiger partial charge in [-0.25, -0.2) is 4.79 Å². The molecule has 0 heterocycles. The van der Waals surface area contributed by atoms with Crippen LogP contribution in [0.25, 0.3) is 0 Å². The highest BCUT2D eigenvalue weighted by molar-refractivity contribution is 14.1. The van der Waals surface area contributed by atoms with Crippen LogP contribution in [0.15, 0.2) is 40.9 Å². The van der Waals surface area contributed by atoms with E-state index in [1.165, 1.54) is 6.07 Å². The van der Waals surface area contributed by atoms with E-state index in [0.717, 1.165) is 13.7 Å². The summed E-state index contributed by atoms with van der Waals surface area (Å²) in [7, 11) is 0. The lowest BCUT2D eigenvalue weighted by molar-refractivity contribution is 0.0698. The third-order valence-electron chi connectivity index (χ3n) is 2.51. The number of carbonyl (C=O) groups is 1. The quantitative estimate of drug-likeness (QED) is 0.504. The van der Waals surface area contributed by atoms with Crippen LogP contribution in [-0.4, -0.2) is 11.1 Å². The van der Waals surface area contributed by atoms with E-state index >= 15 is 0 Å². The zero-order chi connectivity index (χ0) is 14.0. The van der Waals surface area contributed by atoms with Gasteiger partial charge in [-0.2, -0.15) is 0 Å². The lowest BCUT2D eigenvalue weighted by atomic mass is 10.1. The van der Waals surface area contributed by atoms with Crippen molar-refractivity contribution in [2.75, 3.05) is 11.1 Å². The predicted molar refractivity (Wildman–Crippen MR) is 88.0 cm³/mol. The summed E-state index contributed by atoms with van der Waals surface area (Å²) in [6, 6.07) is 10.8. The largest absolute Gasteiger partial charge is 0.478 e. The van der Waals surface area contributed by atoms with Gasteiger partial charge >= 0.3 is 5.97 Å². The molecular weight excluding hydrogens is 423 g/mol. The SMILES string of the molecule is Nc1cc(Br)c(Nc2ccccc2I)cc1C(=O)O. The van der Waals surface area contributed by atoms with Gasteiger partial charge in [0.1, 0.15) is 0 Å². The number of benzene rings is 2. The summed E-state index contributed by atoms with van der Waals surface area (Å²) in [5.41, 5.74) is 7.55. The first-order valence-electron chi connectivity index (χ1n) is 5.33. The van der Waals surface area contributed by atoms with Gasteiger partial charge in [0.05, 0.1) is 16.9 Å². The molecule has 2 aromatic carbocycles. The van der Waals surface area contributed by atoms with Crippen LogP contribution in [0.4, 0.5) is 17.1 Å². The second-order valence-corrected chi connectivity index (χ2v) is 5.85. The minimum atomic E-state index is -1.05. The maximum Gasteiger partial charge on any atom is 0.337 e. The van der Waals surface area contributed by atoms with Crippen LogP contribution in [0.5, 0.6) is 0 Å². The zero-order valence-corrected chi connectivity index (χ0v) is 13.4. The number of carboxylic acids is 1. The number of carboxylic acid groups (broad SMARTS) is 1. The Balaban J connectivity index is 2.43. The second kappa shape index (κ2) is 5.79. The van der Waals surface area contributed by atoms with Crippen molar-refractivity contribution in [2.45, 2.75) is 0 Å². The highest BCUT2D eigenvalue weighted by Crippen LogP contribution is 2.32. The van der Waals surface area contributed by atoms with Crippen LogP contribution >= 0.6 is 38.5 Å². The molecule has 2 aromatic rings. The molecular formula is C13H10BrIN2O2. The summed E-state index contributed by atoms with van der Waals surface area (Å²) in [5.74, 6) is -1.05. The molecule has 0 bridgehead atoms. The highest BCUT2D eigenvalue weighted by Gasteiger charge is 2.12. The summed E-state index contributed by atoms with van der Waals surface area (Å²) in [4.78, 5) is 11.1. The minimum absolute atomic E-state index is 0.0802. The molecule has 0 aliphatic rings. The number of nitrogen functional groups attached to an aromatic ring is 1. The van der Waals surface area contributed by atoms with Crippen LogP contribution in [0.3, 0.4) is 0 Å². The minimum Gasteiger partial charge on any atom is -0.478 e. The van der Waals surface area contributed by atoms with Crippen molar-refractivity contribution in [3.8, 4) is 0 Å². The average Bonchev–Trinajstić information content (AvgIpc) is 2.34. The van der Waals surface area contributed by atoms with Gasteiger partial charge in [-0.15, -0.1) is 0 Å². The molecule has 0 aromatic heterocycles. The number of para-hydroxylation sites is 1. The average molecular weight is 433 g/mol. The van der Waals surface area contributed by atoms with Crippen LogP contribution in [0.2, 0.25) is 0 Å². The lowest BCUT2D eigenvalue weighted by Gasteiger charge is -2.12. The van der Waals surface area contributed by atoms with E-state index in [1.54, 1.807) is 6.07 Å². The Morgan fingerprint density at radius 3 is 2.58 bits per heavy atom. The van der Waals surface area contributed by atoms with E-state index < -0.39 is 5.97 Å². The van der Waals surface area contributed by atoms with E-state index in [4.69, 9.17) is 10.8 Å². The molecule has 4 nitrogen and oxygen atoms in total. The molecule has 0 aliphatic carbocycles. The molecule has 0 aliphatic heterocycles. The molecule has 0 amide bonds. The highest BCUT2D eigenvalue weighted by atomic mass is 127. The summed E-state index contributed by atoms with van der Waals surface area (Å²) in [6.07, 6.45) is 0. The molecule has 6 heteroatoms. The number of hydrogen-bond acceptors (Lipinski definition) is 3. The van der Waals surface area contributed by atoms with Gasteiger partial charge in [0.25, 0.3) is 0 Å². The molecule has 0 spiro atoms. The summed E-state index contributed by atoms with van der Waals surface area (Å²) in [6.45, 7) is 0. The van der Waals surface area contributed by atoms with Crippen LogP contribution in [-0.2, 0) is 0 Å². The Hall–Kier alpha value is -1.28. The Bertz CT molecular complexity index is 647. The molecule has 0 saturated heterocycles. The number of nitrogens with one attached hydrogen (secondary N) is 1. The molecule has 2 rings (SSSR count). The zero-order valence-electron chi connectivity index (χ0n) is 9.65. The van der Waals surface area contributed by atoms with Crippen molar-refractivity contribution >= 4 is 61.6 Å². The number of halogens is 2. The topological polar surface area (TPSA) is 75.3 Å². The monoisotopic (exact) mass is 432 g/mol. The van der Waals surface area contributed by atoms with Crippen LogP contribution in [0.1, 0.15) is 10.4 Å². The van der Waals surface area contributed by atoms with Crippen molar-refractivity contribution in [3.05, 3.63) is 50.0 Å². The number of nitrogens with two attached hydrogens (primary N) is 1. The van der Waals surface area contributed by atoms with Crippen molar-refractivity contribution in [3.63, 3.8) is 0 Å². The maximum atomic E-state index is 11.1. The molecule has 0 atom stereocenters. The first-order chi connectivity index (χ1) is 8.99. The first kappa shape index (κ1) is 14.1. The fraction of sp³-hybridized carbons (Fsp3) is 0. The maximum absolute atomic E-state index is 11.1. The van der Waals surface area contributed by atoms with Crippen molar-refractivity contribution in [1.82, 2.24) is 0 Å². The van der Waals surface area contributed by atoms with Gasteiger partial charge < -0.3 is 16.2 Å². The molecule has 0 fully saturated rings. The molecule has 0 saturated carbocycles. The van der Waals surface area contributed by atoms with Crippen LogP contribution < -0.4 is 11.1 Å². The van der Waals surface area contributed by atoms with Gasteiger partial charge in [-0.1, -0.05) is 12.1 Å². The van der Waals surface area contributed by atoms with E-state index in [2.05, 4.69) is 43.8 Å². The number of aromatic carboxylic acids is 1. The van der Waals surface area contributed by atoms with E-state index in [-0.39, 0.29) is 11.3 Å². The number of anilines is 3. The van der Waals surface area contributed by atoms with E-state index in [0.29, 0.717) is 5.69 Å². The van der Waals surface area contributed by atoms with Gasteiger partial charge in [0.15, 0.2) is 0 Å². The molecule has 19 heavy (non-hydrogen) atoms. The summed E-state index contributed by atoms with van der Waals surface area (Å²) < 4.78 is 1.76. The van der Waals surface area contributed by atoms with Crippen LogP contribution in [0, 0.1) is 3.57 Å². The third kappa shape index (κ3) is 3.19. The normalized spacial score (nSPS) is 10.2. The second-order valence-electron chi connectivity index (χ2n) is 3.83. The van der Waals surface area contributed by atoms with Crippen molar-refractivity contribution in [2.24, 2.45) is 0 Å². The Morgan fingerprint density at radius 2 is 1.95 bits per heavy atom. The van der Waals surface area contributed by atoms with E-state index in [9.17, 15) is 4.79 Å². The standard InChI is InChI=1S/C13H10BrIN2O2/c14-8-6-10(16)7(13(18)19)5-12(8)17-11-4-2-1-3-9(11)15/h1-6,17H,16H2,(H,18,19). The Labute approximate surface area is 132 Å². The van der Waals surface area contributed by atoms with Crippen molar-refractivity contribution < 1.29 is 9.90 Å². The molecule has 0 radical (unpaired) electrons. The number of hydrogen-bond donors (Lipinski definition) is 3. The van der Waals surface area contributed by atoms with Gasteiger partial charge in [0.2, 0.25) is 0 Å². The van der Waals surface area contributed by atoms with E-state index in [1.807, 2.05) is 24.3 Å². The Kier molecular flexibility index (Phi) is 4.31. The van der Waals surface area contributed by atoms with Crippen molar-refractivity contribution in [1.29, 1.82) is 0 Å². The fourth-order valence-corrected chi connectivity index (χ4v) is 2.56. The lowest BCUT2D eigenvalue weighted by Crippen LogP contribution is -2.04. The molecule has 0 unspecified atom stereocenters. The van der Waals surface area contributed by atoms with Gasteiger partial charge in [-0.3, -0.25) is 0 Å². The summed E-state index contributed by atoms with van der Waals surface area (Å²) >= 11 is 5.58. The fourth-order valence-electron chi connectivity index (χ4n) is 1.58. The smallest absolute Gasteiger partial charge is 0.337 e. The number of rotatable bonds is 3. The first-order valence-corrected chi connectivity index (χ1v) is 7.20. The Morgan fingerprint density at radius 1 is 1.26 bits per heavy atom. The molecule has 4 N–H and O–H groups in total. The predicted octanol–water partition coefficient (Wildman–Crippen LogP) is 4.08. The van der Waals surface area contributed by atoms with Gasteiger partial charge in [0, 0.05) is 13.7 Å². The summed E-state index contributed by atoms with van der Waals surface area (Å²) in [5, 5.41) is 12.3.